The summed E-state index contributed by atoms with van der Waals surface area (Å²) < 4.78 is 2.95. The van der Waals surface area contributed by atoms with Crippen LogP contribution in [-0.2, 0) is 17.9 Å². The van der Waals surface area contributed by atoms with Crippen LogP contribution in [0.4, 0.5) is 0 Å². The highest BCUT2D eigenvalue weighted by molar-refractivity contribution is 5.77. The summed E-state index contributed by atoms with van der Waals surface area (Å²) in [4.78, 5) is 29.5. The van der Waals surface area contributed by atoms with E-state index in [0.717, 1.165) is 22.4 Å². The maximum Gasteiger partial charge on any atom is 0.264 e. The van der Waals surface area contributed by atoms with E-state index in [1.807, 2.05) is 56.3 Å². The first-order valence-corrected chi connectivity index (χ1v) is 9.34. The minimum Gasteiger partial charge on any atom is -0.350 e. The lowest BCUT2D eigenvalue weighted by Crippen LogP contribution is -2.32. The van der Waals surface area contributed by atoms with Crippen molar-refractivity contribution in [1.82, 2.24) is 24.6 Å². The fourth-order valence-electron chi connectivity index (χ4n) is 3.33. The van der Waals surface area contributed by atoms with Crippen LogP contribution in [0.25, 0.3) is 16.7 Å². The van der Waals surface area contributed by atoms with Gasteiger partial charge in [0.25, 0.3) is 5.56 Å². The predicted octanol–water partition coefficient (Wildman–Crippen LogP) is 2.52. The Morgan fingerprint density at radius 2 is 1.79 bits per heavy atom. The lowest BCUT2D eigenvalue weighted by molar-refractivity contribution is -0.121. The third-order valence-electron chi connectivity index (χ3n) is 4.65. The van der Waals surface area contributed by atoms with Gasteiger partial charge in [-0.25, -0.2) is 9.67 Å². The summed E-state index contributed by atoms with van der Waals surface area (Å²) in [6.07, 6.45) is 2.90. The highest BCUT2D eigenvalue weighted by atomic mass is 16.2. The van der Waals surface area contributed by atoms with Crippen LogP contribution >= 0.6 is 0 Å². The molecule has 7 heteroatoms. The Morgan fingerprint density at radius 3 is 2.52 bits per heavy atom. The molecule has 0 unspecified atom stereocenters. The molecule has 0 saturated carbocycles. The maximum absolute atomic E-state index is 12.8. The quantitative estimate of drug-likeness (QED) is 0.570. The molecular formula is C22H21N5O2. The summed E-state index contributed by atoms with van der Waals surface area (Å²) in [5, 5.41) is 7.54. The van der Waals surface area contributed by atoms with Crippen molar-refractivity contribution in [3.63, 3.8) is 0 Å². The zero-order valence-electron chi connectivity index (χ0n) is 16.3. The predicted molar refractivity (Wildman–Crippen MR) is 111 cm³/mol. The molecular weight excluding hydrogens is 366 g/mol. The number of fused-ring (bicyclic) bond motifs is 1. The minimum absolute atomic E-state index is 0.0939. The summed E-state index contributed by atoms with van der Waals surface area (Å²) in [6, 6.07) is 15.7. The van der Waals surface area contributed by atoms with Crippen LogP contribution in [0.5, 0.6) is 0 Å². The van der Waals surface area contributed by atoms with E-state index in [9.17, 15) is 9.59 Å². The first kappa shape index (κ1) is 18.6. The van der Waals surface area contributed by atoms with Gasteiger partial charge in [0, 0.05) is 6.54 Å². The van der Waals surface area contributed by atoms with Crippen molar-refractivity contribution in [2.24, 2.45) is 0 Å². The Bertz CT molecular complexity index is 1220. The van der Waals surface area contributed by atoms with Crippen molar-refractivity contribution in [2.75, 3.05) is 0 Å². The highest BCUT2D eigenvalue weighted by Gasteiger charge is 2.13. The van der Waals surface area contributed by atoms with E-state index in [0.29, 0.717) is 17.6 Å². The molecule has 7 nitrogen and oxygen atoms in total. The third-order valence-corrected chi connectivity index (χ3v) is 4.65. The zero-order valence-corrected chi connectivity index (χ0v) is 16.3. The Labute approximate surface area is 167 Å². The summed E-state index contributed by atoms with van der Waals surface area (Å²) in [6.45, 7) is 4.34. The van der Waals surface area contributed by atoms with Gasteiger partial charge in [-0.05, 0) is 42.7 Å². The Balaban J connectivity index is 1.57. The number of carbonyl (C=O) groups excluding carboxylic acids is 1. The number of nitrogens with one attached hydrogen (secondary N) is 1. The Morgan fingerprint density at radius 1 is 1.07 bits per heavy atom. The van der Waals surface area contributed by atoms with Gasteiger partial charge in [-0.15, -0.1) is 0 Å². The molecule has 0 atom stereocenters. The van der Waals surface area contributed by atoms with E-state index in [1.54, 1.807) is 4.68 Å². The molecule has 2 heterocycles. The topological polar surface area (TPSA) is 81.8 Å². The fraction of sp³-hybridized carbons (Fsp3) is 0.182. The Hall–Kier alpha value is -3.74. The molecule has 4 aromatic rings. The van der Waals surface area contributed by atoms with E-state index in [4.69, 9.17) is 0 Å². The number of aromatic nitrogens is 4. The van der Waals surface area contributed by atoms with Gasteiger partial charge in [0.1, 0.15) is 18.3 Å². The standard InChI is InChI=1S/C22H21N5O2/c1-15-8-16(2)10-18(9-15)27-21-19(12-25-27)22(29)26(14-24-21)13-20(28)23-11-17-6-4-3-5-7-17/h3-10,12,14H,11,13H2,1-2H3,(H,23,28). The summed E-state index contributed by atoms with van der Waals surface area (Å²) >= 11 is 0. The van der Waals surface area contributed by atoms with Crippen LogP contribution in [0.3, 0.4) is 0 Å². The molecule has 0 aliphatic rings. The first-order valence-electron chi connectivity index (χ1n) is 9.34. The molecule has 146 valence electrons. The van der Waals surface area contributed by atoms with Gasteiger partial charge in [-0.3, -0.25) is 14.2 Å². The molecule has 2 aromatic carbocycles. The van der Waals surface area contributed by atoms with Crippen molar-refractivity contribution < 1.29 is 4.79 Å². The van der Waals surface area contributed by atoms with E-state index < -0.39 is 0 Å². The fourth-order valence-corrected chi connectivity index (χ4v) is 3.33. The van der Waals surface area contributed by atoms with Crippen LogP contribution in [0.15, 0.2) is 65.8 Å². The molecule has 4 rings (SSSR count). The zero-order chi connectivity index (χ0) is 20.4. The van der Waals surface area contributed by atoms with E-state index >= 15 is 0 Å². The maximum atomic E-state index is 12.8. The number of carbonyl (C=O) groups is 1. The van der Waals surface area contributed by atoms with E-state index in [2.05, 4.69) is 21.5 Å². The summed E-state index contributed by atoms with van der Waals surface area (Å²) in [5.74, 6) is -0.251. The SMILES string of the molecule is Cc1cc(C)cc(-n2ncc3c(=O)n(CC(=O)NCc4ccccc4)cnc32)c1. The monoisotopic (exact) mass is 387 g/mol. The van der Waals surface area contributed by atoms with Gasteiger partial charge in [0.05, 0.1) is 11.9 Å². The van der Waals surface area contributed by atoms with Crippen LogP contribution in [0.2, 0.25) is 0 Å². The molecule has 0 fully saturated rings. The van der Waals surface area contributed by atoms with Gasteiger partial charge in [0.15, 0.2) is 5.65 Å². The van der Waals surface area contributed by atoms with E-state index in [1.165, 1.54) is 17.1 Å². The number of nitrogens with zero attached hydrogens (tertiary/aromatic N) is 4. The van der Waals surface area contributed by atoms with E-state index in [-0.39, 0.29) is 18.0 Å². The highest BCUT2D eigenvalue weighted by Crippen LogP contribution is 2.17. The van der Waals surface area contributed by atoms with Crippen LogP contribution in [0, 0.1) is 13.8 Å². The molecule has 0 bridgehead atoms. The smallest absolute Gasteiger partial charge is 0.264 e. The molecule has 1 amide bonds. The van der Waals surface area contributed by atoms with Crippen molar-refractivity contribution in [3.8, 4) is 5.69 Å². The van der Waals surface area contributed by atoms with Crippen LogP contribution in [0.1, 0.15) is 16.7 Å². The normalized spacial score (nSPS) is 11.0. The van der Waals surface area contributed by atoms with Crippen LogP contribution < -0.4 is 10.9 Å². The summed E-state index contributed by atoms with van der Waals surface area (Å²) in [7, 11) is 0. The average Bonchev–Trinajstić information content (AvgIpc) is 3.13. The largest absolute Gasteiger partial charge is 0.350 e. The number of rotatable bonds is 5. The molecule has 1 N–H and O–H groups in total. The lowest BCUT2D eigenvalue weighted by Gasteiger charge is -2.08. The lowest BCUT2D eigenvalue weighted by atomic mass is 10.1. The molecule has 0 radical (unpaired) electrons. The Kier molecular flexibility index (Phi) is 4.95. The number of hydrogen-bond donors (Lipinski definition) is 1. The second kappa shape index (κ2) is 7.71. The third kappa shape index (κ3) is 3.94. The van der Waals surface area contributed by atoms with Gasteiger partial charge < -0.3 is 5.32 Å². The van der Waals surface area contributed by atoms with Gasteiger partial charge in [-0.2, -0.15) is 5.10 Å². The molecule has 0 spiro atoms. The van der Waals surface area contributed by atoms with Gasteiger partial charge >= 0.3 is 0 Å². The van der Waals surface area contributed by atoms with Crippen molar-refractivity contribution in [2.45, 2.75) is 26.9 Å². The second-order valence-electron chi connectivity index (χ2n) is 7.08. The molecule has 0 aliphatic heterocycles. The van der Waals surface area contributed by atoms with Crippen molar-refractivity contribution in [1.29, 1.82) is 0 Å². The van der Waals surface area contributed by atoms with Crippen molar-refractivity contribution >= 4 is 16.9 Å². The number of amides is 1. The molecule has 29 heavy (non-hydrogen) atoms. The molecule has 0 aliphatic carbocycles. The number of aryl methyl sites for hydroxylation is 2. The first-order chi connectivity index (χ1) is 14.0. The molecule has 2 aromatic heterocycles. The van der Waals surface area contributed by atoms with Crippen LogP contribution in [-0.4, -0.2) is 25.2 Å². The average molecular weight is 387 g/mol. The number of hydrogen-bond acceptors (Lipinski definition) is 4. The van der Waals surface area contributed by atoms with Crippen molar-refractivity contribution in [3.05, 3.63) is 88.1 Å². The summed E-state index contributed by atoms with van der Waals surface area (Å²) in [5.41, 5.74) is 4.24. The molecule has 0 saturated heterocycles. The minimum atomic E-state index is -0.291. The number of benzene rings is 2. The van der Waals surface area contributed by atoms with Gasteiger partial charge in [-0.1, -0.05) is 36.4 Å². The van der Waals surface area contributed by atoms with Gasteiger partial charge in [0.2, 0.25) is 5.91 Å². The second-order valence-corrected chi connectivity index (χ2v) is 7.08.